The molecule has 0 fully saturated rings. The molecule has 8 heteroatoms. The molecule has 2 aromatic rings. The molecule has 1 aliphatic rings. The monoisotopic (exact) mass is 395 g/mol. The van der Waals surface area contributed by atoms with Gasteiger partial charge in [-0.25, -0.2) is 13.1 Å². The van der Waals surface area contributed by atoms with Crippen molar-refractivity contribution in [2.24, 2.45) is 5.73 Å². The van der Waals surface area contributed by atoms with Crippen molar-refractivity contribution in [3.63, 3.8) is 0 Å². The van der Waals surface area contributed by atoms with Crippen LogP contribution in [0.4, 0.5) is 5.69 Å². The normalized spacial score (nSPS) is 14.5. The Bertz CT molecular complexity index is 888. The molecule has 0 aromatic heterocycles. The first-order valence-electron chi connectivity index (χ1n) is 8.10. The predicted molar refractivity (Wildman–Crippen MR) is 104 cm³/mol. The van der Waals surface area contributed by atoms with E-state index in [2.05, 4.69) is 4.72 Å². The van der Waals surface area contributed by atoms with Crippen LogP contribution in [0.5, 0.6) is 0 Å². The van der Waals surface area contributed by atoms with Crippen LogP contribution in [-0.2, 0) is 21.2 Å². The first-order chi connectivity index (χ1) is 11.9. The number of nitrogens with two attached hydrogens (primary N) is 1. The van der Waals surface area contributed by atoms with Gasteiger partial charge in [-0.05, 0) is 36.7 Å². The molecule has 1 unspecified atom stereocenters. The van der Waals surface area contributed by atoms with Crippen molar-refractivity contribution in [1.82, 2.24) is 4.72 Å². The molecule has 0 spiro atoms. The summed E-state index contributed by atoms with van der Waals surface area (Å²) in [4.78, 5) is 14.5. The molecule has 140 valence electrons. The zero-order valence-corrected chi connectivity index (χ0v) is 16.0. The van der Waals surface area contributed by atoms with E-state index >= 15 is 0 Å². The third kappa shape index (κ3) is 4.07. The summed E-state index contributed by atoms with van der Waals surface area (Å²) in [7, 11) is -2.18. The number of carbonyl (C=O) groups is 1. The molecule has 0 saturated heterocycles. The summed E-state index contributed by atoms with van der Waals surface area (Å²) in [5, 5.41) is 0. The molecule has 0 saturated carbocycles. The number of rotatable bonds is 5. The van der Waals surface area contributed by atoms with Crippen LogP contribution < -0.4 is 15.4 Å². The van der Waals surface area contributed by atoms with E-state index in [1.807, 2.05) is 30.3 Å². The van der Waals surface area contributed by atoms with Crippen LogP contribution in [0.1, 0.15) is 23.6 Å². The van der Waals surface area contributed by atoms with Gasteiger partial charge in [0.2, 0.25) is 15.9 Å². The van der Waals surface area contributed by atoms with E-state index in [-0.39, 0.29) is 35.7 Å². The topological polar surface area (TPSA) is 92.5 Å². The van der Waals surface area contributed by atoms with Crippen LogP contribution in [-0.4, -0.2) is 27.9 Å². The fourth-order valence-electron chi connectivity index (χ4n) is 3.02. The highest BCUT2D eigenvalue weighted by Gasteiger charge is 2.27. The Morgan fingerprint density at radius 3 is 2.58 bits per heavy atom. The van der Waals surface area contributed by atoms with Crippen molar-refractivity contribution in [3.05, 3.63) is 59.7 Å². The zero-order chi connectivity index (χ0) is 18.0. The van der Waals surface area contributed by atoms with Gasteiger partial charge in [-0.1, -0.05) is 36.4 Å². The standard InChI is InChI=1S/C18H21N3O3S.ClH/c1-20-25(23,24)15-8-7-14-9-10-21(17(14)11-15)18(22)12-16(19)13-5-3-2-4-6-13;/h2-8,11,16,20H,9-10,12,19H2,1H3;1H. The number of halogens is 1. The van der Waals surface area contributed by atoms with E-state index in [1.54, 1.807) is 23.1 Å². The number of nitrogens with zero attached hydrogens (tertiary/aromatic N) is 1. The summed E-state index contributed by atoms with van der Waals surface area (Å²) in [5.74, 6) is -0.103. The molecule has 1 atom stereocenters. The van der Waals surface area contributed by atoms with Crippen molar-refractivity contribution in [2.45, 2.75) is 23.8 Å². The second kappa shape index (κ2) is 8.18. The Morgan fingerprint density at radius 2 is 1.92 bits per heavy atom. The number of amides is 1. The molecule has 1 heterocycles. The average molecular weight is 396 g/mol. The largest absolute Gasteiger partial charge is 0.324 e. The van der Waals surface area contributed by atoms with Crippen LogP contribution in [0.2, 0.25) is 0 Å². The number of carbonyl (C=O) groups excluding carboxylic acids is 1. The number of benzene rings is 2. The van der Waals surface area contributed by atoms with E-state index in [4.69, 9.17) is 5.73 Å². The van der Waals surface area contributed by atoms with Crippen molar-refractivity contribution < 1.29 is 13.2 Å². The average Bonchev–Trinajstić information content (AvgIpc) is 3.05. The molecule has 1 aliphatic heterocycles. The molecule has 3 N–H and O–H groups in total. The zero-order valence-electron chi connectivity index (χ0n) is 14.4. The van der Waals surface area contributed by atoms with Gasteiger partial charge in [-0.2, -0.15) is 0 Å². The van der Waals surface area contributed by atoms with Crippen LogP contribution >= 0.6 is 12.4 Å². The van der Waals surface area contributed by atoms with Gasteiger partial charge in [0.05, 0.1) is 4.90 Å². The van der Waals surface area contributed by atoms with Crippen molar-refractivity contribution in [1.29, 1.82) is 0 Å². The first-order valence-corrected chi connectivity index (χ1v) is 9.58. The molecular weight excluding hydrogens is 374 g/mol. The van der Waals surface area contributed by atoms with Gasteiger partial charge in [0.25, 0.3) is 0 Å². The lowest BCUT2D eigenvalue weighted by Crippen LogP contribution is -2.32. The Morgan fingerprint density at radius 1 is 1.23 bits per heavy atom. The third-order valence-electron chi connectivity index (χ3n) is 4.45. The van der Waals surface area contributed by atoms with Gasteiger partial charge in [-0.3, -0.25) is 4.79 Å². The van der Waals surface area contributed by atoms with E-state index in [1.165, 1.54) is 7.05 Å². The maximum absolute atomic E-state index is 12.7. The molecule has 1 amide bonds. The maximum Gasteiger partial charge on any atom is 0.240 e. The lowest BCUT2D eigenvalue weighted by Gasteiger charge is -2.20. The minimum absolute atomic E-state index is 0. The van der Waals surface area contributed by atoms with Gasteiger partial charge in [0.1, 0.15) is 0 Å². The minimum atomic E-state index is -3.55. The maximum atomic E-state index is 12.7. The summed E-state index contributed by atoms with van der Waals surface area (Å²) < 4.78 is 26.3. The summed E-state index contributed by atoms with van der Waals surface area (Å²) in [5.41, 5.74) is 8.68. The highest BCUT2D eigenvalue weighted by Crippen LogP contribution is 2.31. The number of sulfonamides is 1. The Hall–Kier alpha value is -1.93. The van der Waals surface area contributed by atoms with Crippen LogP contribution in [0.25, 0.3) is 0 Å². The quantitative estimate of drug-likeness (QED) is 0.809. The molecule has 6 nitrogen and oxygen atoms in total. The van der Waals surface area contributed by atoms with Gasteiger partial charge in [-0.15, -0.1) is 12.4 Å². The van der Waals surface area contributed by atoms with Gasteiger partial charge in [0.15, 0.2) is 0 Å². The van der Waals surface area contributed by atoms with Gasteiger partial charge in [0, 0.05) is 24.7 Å². The number of hydrogen-bond acceptors (Lipinski definition) is 4. The third-order valence-corrected chi connectivity index (χ3v) is 5.87. The van der Waals surface area contributed by atoms with Crippen LogP contribution in [0.15, 0.2) is 53.4 Å². The summed E-state index contributed by atoms with van der Waals surface area (Å²) >= 11 is 0. The fourth-order valence-corrected chi connectivity index (χ4v) is 3.77. The second-order valence-corrected chi connectivity index (χ2v) is 7.90. The van der Waals surface area contributed by atoms with E-state index in [0.717, 1.165) is 11.1 Å². The first kappa shape index (κ1) is 20.4. The van der Waals surface area contributed by atoms with E-state index in [9.17, 15) is 13.2 Å². The van der Waals surface area contributed by atoms with Gasteiger partial charge < -0.3 is 10.6 Å². The number of hydrogen-bond donors (Lipinski definition) is 2. The summed E-state index contributed by atoms with van der Waals surface area (Å²) in [6.07, 6.45) is 0.883. The number of anilines is 1. The highest BCUT2D eigenvalue weighted by atomic mass is 35.5. The van der Waals surface area contributed by atoms with Gasteiger partial charge >= 0.3 is 0 Å². The molecule has 3 rings (SSSR count). The van der Waals surface area contributed by atoms with Crippen molar-refractivity contribution in [3.8, 4) is 0 Å². The number of nitrogens with one attached hydrogen (secondary N) is 1. The lowest BCUT2D eigenvalue weighted by molar-refractivity contribution is -0.118. The predicted octanol–water partition coefficient (Wildman–Crippen LogP) is 2.00. The fraction of sp³-hybridized carbons (Fsp3) is 0.278. The summed E-state index contributed by atoms with van der Waals surface area (Å²) in [6.45, 7) is 0.540. The second-order valence-electron chi connectivity index (χ2n) is 6.01. The lowest BCUT2D eigenvalue weighted by atomic mass is 10.0. The van der Waals surface area contributed by atoms with Crippen molar-refractivity contribution in [2.75, 3.05) is 18.5 Å². The molecule has 0 aliphatic carbocycles. The minimum Gasteiger partial charge on any atom is -0.324 e. The Balaban J connectivity index is 0.00000243. The molecular formula is C18H22ClN3O3S. The smallest absolute Gasteiger partial charge is 0.240 e. The van der Waals surface area contributed by atoms with E-state index in [0.29, 0.717) is 18.7 Å². The highest BCUT2D eigenvalue weighted by molar-refractivity contribution is 7.89. The van der Waals surface area contributed by atoms with Crippen LogP contribution in [0.3, 0.4) is 0 Å². The van der Waals surface area contributed by atoms with Crippen LogP contribution in [0, 0.1) is 0 Å². The van der Waals surface area contributed by atoms with Crippen molar-refractivity contribution >= 4 is 34.0 Å². The molecule has 0 bridgehead atoms. The number of fused-ring (bicyclic) bond motifs is 1. The van der Waals surface area contributed by atoms with E-state index < -0.39 is 10.0 Å². The molecule has 2 aromatic carbocycles. The molecule has 0 radical (unpaired) electrons. The SMILES string of the molecule is CNS(=O)(=O)c1ccc2c(c1)N(C(=O)CC(N)c1ccccc1)CC2.Cl. The molecule has 26 heavy (non-hydrogen) atoms. The summed E-state index contributed by atoms with van der Waals surface area (Å²) in [6, 6.07) is 14.0. The Kier molecular flexibility index (Phi) is 6.41. The Labute approximate surface area is 159 Å².